The third kappa shape index (κ3) is 4.16. The highest BCUT2D eigenvalue weighted by Gasteiger charge is 2.16. The maximum atomic E-state index is 13.5. The summed E-state index contributed by atoms with van der Waals surface area (Å²) in [4.78, 5) is 32.5. The molecule has 9 nitrogen and oxygen atoms in total. The van der Waals surface area contributed by atoms with Crippen LogP contribution in [0.5, 0.6) is 0 Å². The average molecular weight is 475 g/mol. The molecule has 0 saturated heterocycles. The standard InChI is InChI=1S/C23H14FN5O4S/c24-15-7-11-16(12-8-15)28-22(30)18-3-1-2-4-19(18)25-23(28)34-13-20-26-21(27-33-20)14-5-9-17(10-6-14)29(31)32/h1-12H,13H2. The first-order valence-corrected chi connectivity index (χ1v) is 11.0. The zero-order chi connectivity index (χ0) is 23.7. The molecule has 0 unspecified atom stereocenters. The smallest absolute Gasteiger partial charge is 0.269 e. The van der Waals surface area contributed by atoms with Crippen molar-refractivity contribution in [3.05, 3.63) is 105 Å². The second-order valence-electron chi connectivity index (χ2n) is 7.13. The van der Waals surface area contributed by atoms with Crippen LogP contribution in [0.15, 0.2) is 87.3 Å². The van der Waals surface area contributed by atoms with Gasteiger partial charge in [-0.3, -0.25) is 19.5 Å². The Kier molecular flexibility index (Phi) is 5.60. The number of aromatic nitrogens is 4. The first-order chi connectivity index (χ1) is 16.5. The molecular weight excluding hydrogens is 461 g/mol. The van der Waals surface area contributed by atoms with Gasteiger partial charge in [-0.2, -0.15) is 4.98 Å². The number of benzene rings is 3. The van der Waals surface area contributed by atoms with E-state index in [0.29, 0.717) is 27.3 Å². The molecule has 11 heteroatoms. The van der Waals surface area contributed by atoms with E-state index < -0.39 is 10.7 Å². The number of halogens is 1. The number of nitrogens with zero attached hydrogens (tertiary/aromatic N) is 5. The van der Waals surface area contributed by atoms with E-state index in [4.69, 9.17) is 4.52 Å². The second-order valence-corrected chi connectivity index (χ2v) is 8.08. The van der Waals surface area contributed by atoms with Crippen LogP contribution < -0.4 is 5.56 Å². The lowest BCUT2D eigenvalue weighted by molar-refractivity contribution is -0.384. The molecule has 3 aromatic carbocycles. The van der Waals surface area contributed by atoms with E-state index in [9.17, 15) is 19.3 Å². The Bertz CT molecular complexity index is 1570. The molecule has 5 aromatic rings. The molecule has 2 aromatic heterocycles. The topological polar surface area (TPSA) is 117 Å². The lowest BCUT2D eigenvalue weighted by Crippen LogP contribution is -2.21. The van der Waals surface area contributed by atoms with E-state index in [1.807, 2.05) is 0 Å². The highest BCUT2D eigenvalue weighted by atomic mass is 32.2. The van der Waals surface area contributed by atoms with Gasteiger partial charge in [0.05, 0.1) is 27.3 Å². The minimum Gasteiger partial charge on any atom is -0.338 e. The molecule has 168 valence electrons. The summed E-state index contributed by atoms with van der Waals surface area (Å²) in [6.07, 6.45) is 0. The number of nitro groups is 1. The van der Waals surface area contributed by atoms with Gasteiger partial charge in [-0.15, -0.1) is 0 Å². The van der Waals surface area contributed by atoms with E-state index in [1.165, 1.54) is 64.9 Å². The third-order valence-electron chi connectivity index (χ3n) is 4.96. The van der Waals surface area contributed by atoms with E-state index >= 15 is 0 Å². The fourth-order valence-corrected chi connectivity index (χ4v) is 4.17. The lowest BCUT2D eigenvalue weighted by atomic mass is 10.2. The van der Waals surface area contributed by atoms with Crippen molar-refractivity contribution in [2.45, 2.75) is 10.9 Å². The minimum absolute atomic E-state index is 0.0378. The Morgan fingerprint density at radius 2 is 1.74 bits per heavy atom. The summed E-state index contributed by atoms with van der Waals surface area (Å²) in [5.41, 5.74) is 1.26. The van der Waals surface area contributed by atoms with Crippen molar-refractivity contribution in [3.8, 4) is 17.1 Å². The fraction of sp³-hybridized carbons (Fsp3) is 0.0435. The Hall–Kier alpha value is -4.38. The van der Waals surface area contributed by atoms with E-state index in [0.717, 1.165) is 0 Å². The fourth-order valence-electron chi connectivity index (χ4n) is 3.32. The molecule has 0 fully saturated rings. The predicted octanol–water partition coefficient (Wildman–Crippen LogP) is 4.78. The summed E-state index contributed by atoms with van der Waals surface area (Å²) in [7, 11) is 0. The van der Waals surface area contributed by atoms with Crippen LogP contribution in [0.1, 0.15) is 5.89 Å². The van der Waals surface area contributed by atoms with Crippen molar-refractivity contribution in [2.24, 2.45) is 0 Å². The number of non-ortho nitro benzene ring substituents is 1. The van der Waals surface area contributed by atoms with E-state index in [2.05, 4.69) is 15.1 Å². The van der Waals surface area contributed by atoms with Gasteiger partial charge >= 0.3 is 0 Å². The first kappa shape index (κ1) is 21.5. The van der Waals surface area contributed by atoms with Crippen molar-refractivity contribution in [3.63, 3.8) is 0 Å². The van der Waals surface area contributed by atoms with E-state index in [1.54, 1.807) is 24.3 Å². The Morgan fingerprint density at radius 1 is 1.00 bits per heavy atom. The van der Waals surface area contributed by atoms with E-state index in [-0.39, 0.29) is 28.7 Å². The van der Waals surface area contributed by atoms with Crippen LogP contribution in [0.3, 0.4) is 0 Å². The number of thioether (sulfide) groups is 1. The monoisotopic (exact) mass is 475 g/mol. The van der Waals surface area contributed by atoms with Crippen LogP contribution in [0.2, 0.25) is 0 Å². The van der Waals surface area contributed by atoms with Gasteiger partial charge in [0.2, 0.25) is 11.7 Å². The van der Waals surface area contributed by atoms with Crippen LogP contribution >= 0.6 is 11.8 Å². The summed E-state index contributed by atoms with van der Waals surface area (Å²) in [6, 6.07) is 18.4. The van der Waals surface area contributed by atoms with Gasteiger partial charge in [-0.1, -0.05) is 29.1 Å². The molecule has 0 N–H and O–H groups in total. The number of nitro benzene ring substituents is 1. The zero-order valence-electron chi connectivity index (χ0n) is 17.3. The molecule has 34 heavy (non-hydrogen) atoms. The molecule has 5 rings (SSSR count). The van der Waals surface area contributed by atoms with Gasteiger partial charge in [0, 0.05) is 17.7 Å². The molecule has 0 spiro atoms. The molecule has 0 saturated carbocycles. The maximum absolute atomic E-state index is 13.5. The normalized spacial score (nSPS) is 11.1. The number of hydrogen-bond donors (Lipinski definition) is 0. The van der Waals surface area contributed by atoms with Gasteiger partial charge in [-0.25, -0.2) is 9.37 Å². The molecule has 0 aliphatic heterocycles. The van der Waals surface area contributed by atoms with Crippen molar-refractivity contribution >= 4 is 28.4 Å². The van der Waals surface area contributed by atoms with Crippen LogP contribution in [-0.2, 0) is 5.75 Å². The van der Waals surface area contributed by atoms with Crippen LogP contribution in [0.4, 0.5) is 10.1 Å². The van der Waals surface area contributed by atoms with Crippen LogP contribution in [0, 0.1) is 15.9 Å². The molecule has 0 amide bonds. The molecule has 2 heterocycles. The second kappa shape index (κ2) is 8.87. The predicted molar refractivity (Wildman–Crippen MR) is 123 cm³/mol. The van der Waals surface area contributed by atoms with Crippen molar-refractivity contribution < 1.29 is 13.8 Å². The Labute approximate surface area is 195 Å². The number of para-hydroxylation sites is 1. The van der Waals surface area contributed by atoms with Gasteiger partial charge in [-0.05, 0) is 48.5 Å². The summed E-state index contributed by atoms with van der Waals surface area (Å²) in [6.45, 7) is 0. The largest absolute Gasteiger partial charge is 0.338 e. The summed E-state index contributed by atoms with van der Waals surface area (Å²) in [5.74, 6) is 0.370. The van der Waals surface area contributed by atoms with Gasteiger partial charge < -0.3 is 4.52 Å². The van der Waals surface area contributed by atoms with Crippen molar-refractivity contribution in [2.75, 3.05) is 0 Å². The Balaban J connectivity index is 1.46. The lowest BCUT2D eigenvalue weighted by Gasteiger charge is -2.12. The zero-order valence-corrected chi connectivity index (χ0v) is 18.1. The van der Waals surface area contributed by atoms with Gasteiger partial charge in [0.25, 0.3) is 11.2 Å². The molecule has 0 bridgehead atoms. The van der Waals surface area contributed by atoms with Gasteiger partial charge in [0.1, 0.15) is 5.82 Å². The highest BCUT2D eigenvalue weighted by molar-refractivity contribution is 7.98. The molecule has 0 radical (unpaired) electrons. The summed E-state index contributed by atoms with van der Waals surface area (Å²) >= 11 is 1.22. The molecular formula is C23H14FN5O4S. The molecule has 0 aliphatic rings. The quantitative estimate of drug-likeness (QED) is 0.149. The van der Waals surface area contributed by atoms with Crippen LogP contribution in [-0.4, -0.2) is 24.6 Å². The van der Waals surface area contributed by atoms with Crippen LogP contribution in [0.25, 0.3) is 28.0 Å². The summed E-state index contributed by atoms with van der Waals surface area (Å²) in [5, 5.41) is 15.6. The molecule has 0 aliphatic carbocycles. The molecule has 0 atom stereocenters. The van der Waals surface area contributed by atoms with Gasteiger partial charge in [0.15, 0.2) is 5.16 Å². The van der Waals surface area contributed by atoms with Crippen molar-refractivity contribution in [1.29, 1.82) is 0 Å². The summed E-state index contributed by atoms with van der Waals surface area (Å²) < 4.78 is 20.2. The van der Waals surface area contributed by atoms with Crippen molar-refractivity contribution in [1.82, 2.24) is 19.7 Å². The Morgan fingerprint density at radius 3 is 2.47 bits per heavy atom. The highest BCUT2D eigenvalue weighted by Crippen LogP contribution is 2.26. The average Bonchev–Trinajstić information content (AvgIpc) is 3.33. The number of hydrogen-bond acceptors (Lipinski definition) is 8. The SMILES string of the molecule is O=c1c2ccccc2nc(SCc2nc(-c3ccc([N+](=O)[O-])cc3)no2)n1-c1ccc(F)cc1. The number of rotatable bonds is 6. The first-order valence-electron chi connectivity index (χ1n) is 9.97. The third-order valence-corrected chi connectivity index (χ3v) is 5.88. The maximum Gasteiger partial charge on any atom is 0.269 e. The minimum atomic E-state index is -0.487. The number of fused-ring (bicyclic) bond motifs is 1.